The van der Waals surface area contributed by atoms with Crippen LogP contribution >= 0.6 is 0 Å². The van der Waals surface area contributed by atoms with Crippen LogP contribution in [-0.2, 0) is 13.6 Å². The molecule has 1 N–H and O–H groups in total. The zero-order valence-electron chi connectivity index (χ0n) is 14.4. The number of fused-ring (bicyclic) bond motifs is 1. The number of carbonyl (C=O) groups is 1. The van der Waals surface area contributed by atoms with Gasteiger partial charge in [0, 0.05) is 32.9 Å². The number of amides is 1. The average Bonchev–Trinajstić information content (AvgIpc) is 3.27. The molecule has 0 unspecified atom stereocenters. The molecule has 1 fully saturated rings. The van der Waals surface area contributed by atoms with E-state index in [0.29, 0.717) is 11.2 Å². The first kappa shape index (κ1) is 16.4. The van der Waals surface area contributed by atoms with Gasteiger partial charge in [0.2, 0.25) is 5.82 Å². The van der Waals surface area contributed by atoms with E-state index < -0.39 is 5.91 Å². The van der Waals surface area contributed by atoms with Crippen molar-refractivity contribution in [3.63, 3.8) is 0 Å². The van der Waals surface area contributed by atoms with Crippen molar-refractivity contribution in [3.8, 4) is 0 Å². The number of rotatable bonds is 4. The number of hydrogen-bond donors (Lipinski definition) is 1. The van der Waals surface area contributed by atoms with Crippen LogP contribution in [0.4, 0.5) is 10.2 Å². The molecule has 8 heteroatoms. The Morgan fingerprint density at radius 1 is 1.27 bits per heavy atom. The van der Waals surface area contributed by atoms with Crippen molar-refractivity contribution >= 4 is 22.8 Å². The highest BCUT2D eigenvalue weighted by molar-refractivity contribution is 5.95. The van der Waals surface area contributed by atoms with Gasteiger partial charge in [-0.3, -0.25) is 9.48 Å². The molecule has 3 heterocycles. The Kier molecular flexibility index (Phi) is 4.24. The SMILES string of the molecule is Cn1cc2c(N3CCCC3)nc(C(=O)NCc3cccc(F)c3)nc2n1. The molecule has 0 aliphatic carbocycles. The summed E-state index contributed by atoms with van der Waals surface area (Å²) in [5, 5.41) is 7.92. The van der Waals surface area contributed by atoms with Crippen LogP contribution in [0.1, 0.15) is 29.0 Å². The molecular formula is C18H19FN6O. The van der Waals surface area contributed by atoms with E-state index in [1.807, 2.05) is 13.2 Å². The van der Waals surface area contributed by atoms with E-state index in [9.17, 15) is 9.18 Å². The standard InChI is InChI=1S/C18H19FN6O/c1-24-11-14-15(23-24)21-16(22-17(14)25-7-2-3-8-25)18(26)20-10-12-5-4-6-13(19)9-12/h4-6,9,11H,2-3,7-8,10H2,1H3,(H,20,26). The number of aryl methyl sites for hydroxylation is 1. The second-order valence-electron chi connectivity index (χ2n) is 6.42. The summed E-state index contributed by atoms with van der Waals surface area (Å²) in [4.78, 5) is 23.5. The van der Waals surface area contributed by atoms with Crippen molar-refractivity contribution in [3.05, 3.63) is 47.7 Å². The second-order valence-corrected chi connectivity index (χ2v) is 6.42. The Labute approximate surface area is 149 Å². The molecule has 1 amide bonds. The third-order valence-electron chi connectivity index (χ3n) is 4.42. The molecule has 0 bridgehead atoms. The average molecular weight is 354 g/mol. The lowest BCUT2D eigenvalue weighted by atomic mass is 10.2. The molecule has 1 aliphatic rings. The number of halogens is 1. The van der Waals surface area contributed by atoms with Crippen LogP contribution in [-0.4, -0.2) is 38.7 Å². The molecule has 7 nitrogen and oxygen atoms in total. The first-order chi connectivity index (χ1) is 12.6. The lowest BCUT2D eigenvalue weighted by molar-refractivity contribution is 0.0941. The van der Waals surface area contributed by atoms with Crippen LogP contribution in [0, 0.1) is 5.82 Å². The van der Waals surface area contributed by atoms with E-state index in [1.165, 1.54) is 12.1 Å². The fourth-order valence-corrected chi connectivity index (χ4v) is 3.18. The summed E-state index contributed by atoms with van der Waals surface area (Å²) >= 11 is 0. The third-order valence-corrected chi connectivity index (χ3v) is 4.42. The van der Waals surface area contributed by atoms with Gasteiger partial charge in [-0.2, -0.15) is 5.10 Å². The maximum absolute atomic E-state index is 13.3. The lowest BCUT2D eigenvalue weighted by Crippen LogP contribution is -2.27. The molecule has 1 aliphatic heterocycles. The maximum atomic E-state index is 13.3. The smallest absolute Gasteiger partial charge is 0.289 e. The molecule has 0 spiro atoms. The van der Waals surface area contributed by atoms with E-state index in [1.54, 1.807) is 16.8 Å². The second kappa shape index (κ2) is 6.70. The molecule has 0 atom stereocenters. The van der Waals surface area contributed by atoms with E-state index in [2.05, 4.69) is 25.3 Å². The van der Waals surface area contributed by atoms with Crippen molar-refractivity contribution in [2.24, 2.45) is 7.05 Å². The summed E-state index contributed by atoms with van der Waals surface area (Å²) in [6.45, 7) is 2.02. The number of aromatic nitrogens is 4. The fraction of sp³-hybridized carbons (Fsp3) is 0.333. The van der Waals surface area contributed by atoms with Crippen LogP contribution in [0.5, 0.6) is 0 Å². The van der Waals surface area contributed by atoms with Gasteiger partial charge in [-0.05, 0) is 30.5 Å². The van der Waals surface area contributed by atoms with E-state index in [0.717, 1.165) is 37.1 Å². The van der Waals surface area contributed by atoms with Crippen molar-refractivity contribution in [1.82, 2.24) is 25.1 Å². The van der Waals surface area contributed by atoms with Gasteiger partial charge >= 0.3 is 0 Å². The van der Waals surface area contributed by atoms with Gasteiger partial charge in [-0.25, -0.2) is 14.4 Å². The maximum Gasteiger partial charge on any atom is 0.289 e. The molecule has 1 aromatic carbocycles. The zero-order valence-corrected chi connectivity index (χ0v) is 14.4. The molecule has 0 saturated carbocycles. The number of anilines is 1. The predicted octanol–water partition coefficient (Wildman–Crippen LogP) is 2.03. The van der Waals surface area contributed by atoms with Gasteiger partial charge in [0.1, 0.15) is 11.6 Å². The summed E-state index contributed by atoms with van der Waals surface area (Å²) in [5.41, 5.74) is 1.18. The Balaban J connectivity index is 1.61. The van der Waals surface area contributed by atoms with Crippen molar-refractivity contribution in [2.45, 2.75) is 19.4 Å². The van der Waals surface area contributed by atoms with Gasteiger partial charge in [0.05, 0.1) is 5.39 Å². The van der Waals surface area contributed by atoms with Crippen LogP contribution in [0.2, 0.25) is 0 Å². The van der Waals surface area contributed by atoms with Crippen molar-refractivity contribution in [2.75, 3.05) is 18.0 Å². The molecule has 4 rings (SSSR count). The quantitative estimate of drug-likeness (QED) is 0.776. The summed E-state index contributed by atoms with van der Waals surface area (Å²) in [7, 11) is 1.82. The summed E-state index contributed by atoms with van der Waals surface area (Å²) in [6.07, 6.45) is 4.08. The van der Waals surface area contributed by atoms with Crippen LogP contribution in [0.3, 0.4) is 0 Å². The summed E-state index contributed by atoms with van der Waals surface area (Å²) < 4.78 is 14.9. The topological polar surface area (TPSA) is 75.9 Å². The number of carbonyl (C=O) groups excluding carboxylic acids is 1. The molecule has 3 aromatic rings. The van der Waals surface area contributed by atoms with Gasteiger partial charge < -0.3 is 10.2 Å². The largest absolute Gasteiger partial charge is 0.356 e. The Bertz CT molecular complexity index is 963. The number of hydrogen-bond acceptors (Lipinski definition) is 5. The third kappa shape index (κ3) is 3.22. The van der Waals surface area contributed by atoms with Gasteiger partial charge in [0.25, 0.3) is 5.91 Å². The Morgan fingerprint density at radius 2 is 2.08 bits per heavy atom. The molecule has 26 heavy (non-hydrogen) atoms. The van der Waals surface area contributed by atoms with Crippen LogP contribution in [0.25, 0.3) is 11.0 Å². The normalized spacial score (nSPS) is 14.2. The first-order valence-corrected chi connectivity index (χ1v) is 8.59. The minimum Gasteiger partial charge on any atom is -0.356 e. The first-order valence-electron chi connectivity index (χ1n) is 8.59. The van der Waals surface area contributed by atoms with Gasteiger partial charge in [-0.15, -0.1) is 0 Å². The highest BCUT2D eigenvalue weighted by Crippen LogP contribution is 2.26. The monoisotopic (exact) mass is 354 g/mol. The van der Waals surface area contributed by atoms with E-state index in [4.69, 9.17) is 0 Å². The van der Waals surface area contributed by atoms with Gasteiger partial charge in [0.15, 0.2) is 5.65 Å². The van der Waals surface area contributed by atoms with Crippen molar-refractivity contribution in [1.29, 1.82) is 0 Å². The fourth-order valence-electron chi connectivity index (χ4n) is 3.18. The Morgan fingerprint density at radius 3 is 2.85 bits per heavy atom. The minimum atomic E-state index is -0.401. The van der Waals surface area contributed by atoms with Crippen LogP contribution in [0.15, 0.2) is 30.5 Å². The summed E-state index contributed by atoms with van der Waals surface area (Å²) in [5.74, 6) is 0.0903. The number of nitrogens with one attached hydrogen (secondary N) is 1. The minimum absolute atomic E-state index is 0.0782. The zero-order chi connectivity index (χ0) is 18.1. The highest BCUT2D eigenvalue weighted by Gasteiger charge is 2.22. The van der Waals surface area contributed by atoms with Gasteiger partial charge in [-0.1, -0.05) is 12.1 Å². The lowest BCUT2D eigenvalue weighted by Gasteiger charge is -2.17. The molecule has 0 radical (unpaired) electrons. The Hall–Kier alpha value is -3.03. The van der Waals surface area contributed by atoms with E-state index >= 15 is 0 Å². The molecule has 2 aromatic heterocycles. The van der Waals surface area contributed by atoms with Crippen LogP contribution < -0.4 is 10.2 Å². The number of benzene rings is 1. The van der Waals surface area contributed by atoms with E-state index in [-0.39, 0.29) is 18.2 Å². The molecule has 1 saturated heterocycles. The number of nitrogens with zero attached hydrogens (tertiary/aromatic N) is 5. The highest BCUT2D eigenvalue weighted by atomic mass is 19.1. The molecular weight excluding hydrogens is 335 g/mol. The van der Waals surface area contributed by atoms with Crippen molar-refractivity contribution < 1.29 is 9.18 Å². The molecule has 134 valence electrons. The predicted molar refractivity (Wildman–Crippen MR) is 95.3 cm³/mol. The summed E-state index contributed by atoms with van der Waals surface area (Å²) in [6, 6.07) is 6.12.